The molecule has 0 N–H and O–H groups in total. The van der Waals surface area contributed by atoms with Crippen molar-refractivity contribution < 1.29 is 28.8 Å². The van der Waals surface area contributed by atoms with Crippen molar-refractivity contribution in [2.24, 2.45) is 0 Å². The lowest BCUT2D eigenvalue weighted by Gasteiger charge is -2.26. The number of nitrogens with zero attached hydrogens (tertiary/aromatic N) is 3. The van der Waals surface area contributed by atoms with Crippen LogP contribution in [0, 0.1) is 10.1 Å². The van der Waals surface area contributed by atoms with E-state index in [-0.39, 0.29) is 35.7 Å². The maximum atomic E-state index is 12.7. The number of amides is 3. The molecule has 1 aliphatic heterocycles. The van der Waals surface area contributed by atoms with Crippen LogP contribution in [0.25, 0.3) is 0 Å². The number of hydrogen-bond acceptors (Lipinski definition) is 7. The van der Waals surface area contributed by atoms with Crippen LogP contribution in [-0.4, -0.2) is 46.8 Å². The summed E-state index contributed by atoms with van der Waals surface area (Å²) in [4.78, 5) is 61.6. The van der Waals surface area contributed by atoms with Crippen LogP contribution < -0.4 is 4.90 Å². The van der Waals surface area contributed by atoms with Gasteiger partial charge >= 0.3 is 5.97 Å². The molecule has 0 fully saturated rings. The van der Waals surface area contributed by atoms with Crippen LogP contribution in [0.1, 0.15) is 44.9 Å². The average Bonchev–Trinajstić information content (AvgIpc) is 2.96. The number of nitro groups is 1. The highest BCUT2D eigenvalue weighted by molar-refractivity contribution is 6.22. The molecule has 0 bridgehead atoms. The largest absolute Gasteiger partial charge is 0.462 e. The Morgan fingerprint density at radius 3 is 2.27 bits per heavy atom. The molecule has 3 amide bonds. The summed E-state index contributed by atoms with van der Waals surface area (Å²) in [5.41, 5.74) is 0.284. The van der Waals surface area contributed by atoms with E-state index in [9.17, 15) is 29.3 Å². The van der Waals surface area contributed by atoms with Gasteiger partial charge in [0.15, 0.2) is 0 Å². The number of anilines is 1. The molecule has 1 aliphatic rings. The highest BCUT2D eigenvalue weighted by Gasteiger charge is 2.38. The summed E-state index contributed by atoms with van der Waals surface area (Å²) in [5.74, 6) is -2.34. The summed E-state index contributed by atoms with van der Waals surface area (Å²) < 4.78 is 4.91. The first kappa shape index (κ1) is 20.6. The lowest BCUT2D eigenvalue weighted by molar-refractivity contribution is -0.384. The fraction of sp³-hybridized carbons (Fsp3) is 0.200. The molecule has 0 atom stereocenters. The van der Waals surface area contributed by atoms with E-state index in [1.165, 1.54) is 42.2 Å². The van der Waals surface area contributed by atoms with Crippen LogP contribution >= 0.6 is 0 Å². The second-order valence-corrected chi connectivity index (χ2v) is 6.38. The smallest absolute Gasteiger partial charge is 0.338 e. The number of imide groups is 1. The molecule has 0 aliphatic carbocycles. The Kier molecular flexibility index (Phi) is 5.58. The molecule has 0 spiro atoms. The fourth-order valence-electron chi connectivity index (χ4n) is 3.02. The van der Waals surface area contributed by atoms with Gasteiger partial charge in [-0.25, -0.2) is 4.79 Å². The number of non-ortho nitro benzene ring substituents is 1. The minimum atomic E-state index is -0.729. The van der Waals surface area contributed by atoms with E-state index in [0.717, 1.165) is 17.0 Å². The second kappa shape index (κ2) is 8.11. The van der Waals surface area contributed by atoms with Crippen molar-refractivity contribution in [3.63, 3.8) is 0 Å². The molecule has 0 unspecified atom stereocenters. The van der Waals surface area contributed by atoms with Crippen LogP contribution in [0.5, 0.6) is 0 Å². The highest BCUT2D eigenvalue weighted by atomic mass is 16.6. The molecular weight excluding hydrogens is 394 g/mol. The first-order valence-electron chi connectivity index (χ1n) is 8.94. The van der Waals surface area contributed by atoms with Crippen LogP contribution in [0.4, 0.5) is 11.4 Å². The van der Waals surface area contributed by atoms with Crippen LogP contribution in [-0.2, 0) is 9.53 Å². The fourth-order valence-corrected chi connectivity index (χ4v) is 3.02. The van der Waals surface area contributed by atoms with Gasteiger partial charge in [0.05, 0.1) is 28.2 Å². The van der Waals surface area contributed by atoms with Crippen LogP contribution in [0.3, 0.4) is 0 Å². The minimum Gasteiger partial charge on any atom is -0.462 e. The summed E-state index contributed by atoms with van der Waals surface area (Å²) in [5, 5.41) is 10.9. The third-order valence-electron chi connectivity index (χ3n) is 4.52. The number of benzene rings is 2. The maximum absolute atomic E-state index is 12.7. The molecule has 2 aromatic rings. The first-order valence-corrected chi connectivity index (χ1v) is 8.94. The van der Waals surface area contributed by atoms with Crippen molar-refractivity contribution >= 4 is 35.1 Å². The molecule has 10 nitrogen and oxygen atoms in total. The molecule has 2 aromatic carbocycles. The van der Waals surface area contributed by atoms with Gasteiger partial charge in [-0.1, -0.05) is 0 Å². The van der Waals surface area contributed by atoms with Crippen molar-refractivity contribution in [3.8, 4) is 0 Å². The lowest BCUT2D eigenvalue weighted by Crippen LogP contribution is -2.43. The van der Waals surface area contributed by atoms with Gasteiger partial charge in [-0.15, -0.1) is 0 Å². The lowest BCUT2D eigenvalue weighted by atomic mass is 10.1. The Hall–Kier alpha value is -4.08. The van der Waals surface area contributed by atoms with E-state index < -0.39 is 28.6 Å². The summed E-state index contributed by atoms with van der Waals surface area (Å²) in [7, 11) is 0. The summed E-state index contributed by atoms with van der Waals surface area (Å²) in [6.07, 6.45) is 0. The van der Waals surface area contributed by atoms with E-state index in [2.05, 4.69) is 0 Å². The third kappa shape index (κ3) is 3.75. The van der Waals surface area contributed by atoms with E-state index in [1.807, 2.05) is 0 Å². The topological polar surface area (TPSA) is 127 Å². The zero-order valence-corrected chi connectivity index (χ0v) is 16.2. The Labute approximate surface area is 170 Å². The number of rotatable bonds is 6. The van der Waals surface area contributed by atoms with Gasteiger partial charge in [-0.05, 0) is 37.3 Å². The molecule has 3 rings (SSSR count). The number of esters is 1. The highest BCUT2D eigenvalue weighted by Crippen LogP contribution is 2.28. The van der Waals surface area contributed by atoms with E-state index in [4.69, 9.17) is 4.74 Å². The van der Waals surface area contributed by atoms with Gasteiger partial charge < -0.3 is 4.74 Å². The summed E-state index contributed by atoms with van der Waals surface area (Å²) >= 11 is 0. The van der Waals surface area contributed by atoms with Crippen molar-refractivity contribution in [3.05, 3.63) is 69.3 Å². The Morgan fingerprint density at radius 2 is 1.70 bits per heavy atom. The van der Waals surface area contributed by atoms with Gasteiger partial charge in [0.25, 0.3) is 17.5 Å². The van der Waals surface area contributed by atoms with Gasteiger partial charge in [0, 0.05) is 24.7 Å². The van der Waals surface area contributed by atoms with Crippen molar-refractivity contribution in [2.45, 2.75) is 13.8 Å². The standard InChI is InChI=1S/C20H17N3O7/c1-3-30-20(27)13-4-6-14(7-5-13)21(12(2)24)11-22-18(25)16-9-8-15(23(28)29)10-17(16)19(22)26/h4-10H,3,11H2,1-2H3. The molecular formula is C20H17N3O7. The number of hydrogen-bond donors (Lipinski definition) is 0. The van der Waals surface area contributed by atoms with Gasteiger partial charge in [0.2, 0.25) is 5.91 Å². The average molecular weight is 411 g/mol. The second-order valence-electron chi connectivity index (χ2n) is 6.38. The van der Waals surface area contributed by atoms with Gasteiger partial charge in [0.1, 0.15) is 6.67 Å². The van der Waals surface area contributed by atoms with E-state index in [1.54, 1.807) is 6.92 Å². The van der Waals surface area contributed by atoms with E-state index >= 15 is 0 Å². The molecule has 10 heteroatoms. The predicted octanol–water partition coefficient (Wildman–Crippen LogP) is 2.38. The predicted molar refractivity (Wildman–Crippen MR) is 104 cm³/mol. The molecule has 0 aromatic heterocycles. The molecule has 0 saturated carbocycles. The molecule has 30 heavy (non-hydrogen) atoms. The van der Waals surface area contributed by atoms with Gasteiger partial charge in [-0.3, -0.25) is 34.3 Å². The molecule has 1 heterocycles. The number of nitro benzene ring substituents is 1. The first-order chi connectivity index (χ1) is 14.2. The molecule has 0 saturated heterocycles. The van der Waals surface area contributed by atoms with Crippen molar-refractivity contribution in [2.75, 3.05) is 18.2 Å². The van der Waals surface area contributed by atoms with Crippen molar-refractivity contribution in [1.29, 1.82) is 0 Å². The molecule has 154 valence electrons. The van der Waals surface area contributed by atoms with Crippen LogP contribution in [0.15, 0.2) is 42.5 Å². The Balaban J connectivity index is 1.86. The van der Waals surface area contributed by atoms with E-state index in [0.29, 0.717) is 5.69 Å². The zero-order valence-electron chi connectivity index (χ0n) is 16.2. The van der Waals surface area contributed by atoms with Crippen LogP contribution in [0.2, 0.25) is 0 Å². The number of fused-ring (bicyclic) bond motifs is 1. The Bertz CT molecular complexity index is 1060. The Morgan fingerprint density at radius 1 is 1.07 bits per heavy atom. The quantitative estimate of drug-likeness (QED) is 0.309. The number of ether oxygens (including phenoxy) is 1. The number of carbonyl (C=O) groups excluding carboxylic acids is 4. The summed E-state index contributed by atoms with van der Waals surface area (Å²) in [6.45, 7) is 2.79. The molecule has 0 radical (unpaired) electrons. The normalized spacial score (nSPS) is 12.5. The monoisotopic (exact) mass is 411 g/mol. The van der Waals surface area contributed by atoms with Gasteiger partial charge in [-0.2, -0.15) is 0 Å². The van der Waals surface area contributed by atoms with Crippen molar-refractivity contribution in [1.82, 2.24) is 4.90 Å². The zero-order chi connectivity index (χ0) is 22.0. The summed E-state index contributed by atoms with van der Waals surface area (Å²) in [6, 6.07) is 9.34. The minimum absolute atomic E-state index is 0.0340. The number of carbonyl (C=O) groups is 4. The SMILES string of the molecule is CCOC(=O)c1ccc(N(CN2C(=O)c3ccc([N+](=O)[O-])cc3C2=O)C(C)=O)cc1. The third-order valence-corrected chi connectivity index (χ3v) is 4.52. The maximum Gasteiger partial charge on any atom is 0.338 e.